The Balaban J connectivity index is 2.44. The van der Waals surface area contributed by atoms with Gasteiger partial charge < -0.3 is 9.15 Å². The molecule has 0 spiro atoms. The molecule has 0 atom stereocenters. The van der Waals surface area contributed by atoms with Crippen LogP contribution in [0.5, 0.6) is 5.75 Å². The average molecular weight is 221 g/mol. The number of benzene rings is 1. The Morgan fingerprint density at radius 3 is 2.88 bits per heavy atom. The number of hydrogen-bond donors (Lipinski definition) is 1. The van der Waals surface area contributed by atoms with Gasteiger partial charge in [-0.15, -0.1) is 0 Å². The van der Waals surface area contributed by atoms with E-state index in [2.05, 4.69) is 4.98 Å². The smallest absolute Gasteiger partial charge is 0.417 e. The molecule has 2 aromatic rings. The van der Waals surface area contributed by atoms with Crippen molar-refractivity contribution in [3.63, 3.8) is 0 Å². The van der Waals surface area contributed by atoms with Gasteiger partial charge in [0.2, 0.25) is 0 Å². The fraction of sp³-hybridized carbons (Fsp3) is 0.273. The first-order chi connectivity index (χ1) is 7.58. The van der Waals surface area contributed by atoms with Crippen LogP contribution in [0, 0.1) is 5.92 Å². The molecule has 1 aromatic carbocycles. The fourth-order valence-electron chi connectivity index (χ4n) is 1.26. The minimum Gasteiger partial charge on any atom is -0.424 e. The number of aromatic nitrogens is 1. The summed E-state index contributed by atoms with van der Waals surface area (Å²) >= 11 is 0. The number of ether oxygens (including phenoxy) is 1. The summed E-state index contributed by atoms with van der Waals surface area (Å²) in [6.45, 7) is 3.47. The summed E-state index contributed by atoms with van der Waals surface area (Å²) in [7, 11) is 0. The van der Waals surface area contributed by atoms with Crippen molar-refractivity contribution in [2.24, 2.45) is 5.92 Å². The standard InChI is InChI=1S/C11H11NO4/c1-6(2)10(13)15-7-4-3-5-8-9(7)12-11(14)16-8/h3-6H,1-2H3,(H,12,14). The van der Waals surface area contributed by atoms with Crippen molar-refractivity contribution in [1.82, 2.24) is 4.98 Å². The van der Waals surface area contributed by atoms with Gasteiger partial charge in [-0.2, -0.15) is 0 Å². The molecule has 2 rings (SSSR count). The Morgan fingerprint density at radius 1 is 1.44 bits per heavy atom. The van der Waals surface area contributed by atoms with Gasteiger partial charge in [-0.1, -0.05) is 19.9 Å². The van der Waals surface area contributed by atoms with Crippen LogP contribution < -0.4 is 10.5 Å². The van der Waals surface area contributed by atoms with Crippen molar-refractivity contribution in [3.8, 4) is 5.75 Å². The molecule has 0 radical (unpaired) electrons. The Kier molecular flexibility index (Phi) is 2.52. The molecule has 1 heterocycles. The molecule has 0 bridgehead atoms. The number of aromatic amines is 1. The molecule has 5 nitrogen and oxygen atoms in total. The van der Waals surface area contributed by atoms with Gasteiger partial charge in [-0.05, 0) is 12.1 Å². The lowest BCUT2D eigenvalue weighted by Crippen LogP contribution is -2.15. The van der Waals surface area contributed by atoms with Crippen LogP contribution in [0.1, 0.15) is 13.8 Å². The molecular weight excluding hydrogens is 210 g/mol. The lowest BCUT2D eigenvalue weighted by Gasteiger charge is -2.06. The second kappa shape index (κ2) is 3.84. The van der Waals surface area contributed by atoms with Crippen molar-refractivity contribution in [1.29, 1.82) is 0 Å². The molecule has 0 unspecified atom stereocenters. The number of nitrogens with one attached hydrogen (secondary N) is 1. The van der Waals surface area contributed by atoms with Gasteiger partial charge in [0.25, 0.3) is 0 Å². The van der Waals surface area contributed by atoms with Crippen molar-refractivity contribution in [3.05, 3.63) is 28.7 Å². The molecule has 16 heavy (non-hydrogen) atoms. The topological polar surface area (TPSA) is 72.3 Å². The maximum atomic E-state index is 11.4. The van der Waals surface area contributed by atoms with Crippen LogP contribution in [0.3, 0.4) is 0 Å². The summed E-state index contributed by atoms with van der Waals surface area (Å²) < 4.78 is 9.98. The van der Waals surface area contributed by atoms with Crippen molar-refractivity contribution < 1.29 is 13.9 Å². The summed E-state index contributed by atoms with van der Waals surface area (Å²) in [6, 6.07) is 4.88. The number of H-pyrrole nitrogens is 1. The predicted molar refractivity (Wildman–Crippen MR) is 57.3 cm³/mol. The second-order valence-corrected chi connectivity index (χ2v) is 3.72. The van der Waals surface area contributed by atoms with E-state index in [9.17, 15) is 9.59 Å². The quantitative estimate of drug-likeness (QED) is 0.618. The van der Waals surface area contributed by atoms with E-state index in [1.165, 1.54) is 0 Å². The number of esters is 1. The monoisotopic (exact) mass is 221 g/mol. The summed E-state index contributed by atoms with van der Waals surface area (Å²) in [6.07, 6.45) is 0. The van der Waals surface area contributed by atoms with Crippen LogP contribution >= 0.6 is 0 Å². The minimum atomic E-state index is -0.567. The lowest BCUT2D eigenvalue weighted by atomic mass is 10.2. The summed E-state index contributed by atoms with van der Waals surface area (Å²) in [5.41, 5.74) is 0.778. The Bertz CT molecular complexity index is 579. The van der Waals surface area contributed by atoms with E-state index in [1.54, 1.807) is 32.0 Å². The number of rotatable bonds is 2. The third kappa shape index (κ3) is 1.84. The molecule has 0 amide bonds. The third-order valence-electron chi connectivity index (χ3n) is 2.10. The van der Waals surface area contributed by atoms with Crippen LogP contribution in [0.15, 0.2) is 27.4 Å². The Hall–Kier alpha value is -2.04. The fourth-order valence-corrected chi connectivity index (χ4v) is 1.26. The highest BCUT2D eigenvalue weighted by Crippen LogP contribution is 2.23. The first-order valence-electron chi connectivity index (χ1n) is 4.91. The molecule has 0 aliphatic heterocycles. The van der Waals surface area contributed by atoms with Crippen molar-refractivity contribution >= 4 is 17.1 Å². The number of fused-ring (bicyclic) bond motifs is 1. The number of carbonyl (C=O) groups excluding carboxylic acids is 1. The molecule has 0 fully saturated rings. The van der Waals surface area contributed by atoms with Crippen molar-refractivity contribution in [2.75, 3.05) is 0 Å². The van der Waals surface area contributed by atoms with Gasteiger partial charge >= 0.3 is 11.7 Å². The SMILES string of the molecule is CC(C)C(=O)Oc1cccc2oc(=O)[nH]c12. The number of hydrogen-bond acceptors (Lipinski definition) is 4. The molecule has 0 saturated carbocycles. The van der Waals surface area contributed by atoms with Crippen LogP contribution in [-0.4, -0.2) is 11.0 Å². The van der Waals surface area contributed by atoms with Gasteiger partial charge in [0, 0.05) is 0 Å². The normalized spacial score (nSPS) is 10.9. The number of oxazole rings is 1. The maximum absolute atomic E-state index is 11.4. The first kappa shape index (κ1) is 10.5. The summed E-state index contributed by atoms with van der Waals surface area (Å²) in [4.78, 5) is 24.9. The van der Waals surface area contributed by atoms with E-state index in [0.29, 0.717) is 16.8 Å². The Morgan fingerprint density at radius 2 is 2.19 bits per heavy atom. The summed E-state index contributed by atoms with van der Waals surface area (Å²) in [5, 5.41) is 0. The maximum Gasteiger partial charge on any atom is 0.417 e. The molecule has 1 aromatic heterocycles. The average Bonchev–Trinajstić information content (AvgIpc) is 2.59. The minimum absolute atomic E-state index is 0.228. The van der Waals surface area contributed by atoms with Gasteiger partial charge in [0.05, 0.1) is 5.92 Å². The van der Waals surface area contributed by atoms with Crippen LogP contribution in [-0.2, 0) is 4.79 Å². The largest absolute Gasteiger partial charge is 0.424 e. The highest BCUT2D eigenvalue weighted by molar-refractivity contribution is 5.83. The Labute approximate surface area is 91.0 Å². The summed E-state index contributed by atoms with van der Waals surface area (Å²) in [5.74, 6) is -0.839. The molecule has 0 aliphatic rings. The zero-order valence-electron chi connectivity index (χ0n) is 8.94. The molecule has 5 heteroatoms. The van der Waals surface area contributed by atoms with Gasteiger partial charge in [0.1, 0.15) is 5.52 Å². The third-order valence-corrected chi connectivity index (χ3v) is 2.10. The van der Waals surface area contributed by atoms with E-state index >= 15 is 0 Å². The highest BCUT2D eigenvalue weighted by Gasteiger charge is 2.13. The van der Waals surface area contributed by atoms with E-state index in [-0.39, 0.29) is 11.9 Å². The molecular formula is C11H11NO4. The number of para-hydroxylation sites is 1. The van der Waals surface area contributed by atoms with Gasteiger partial charge in [-0.3, -0.25) is 9.78 Å². The van der Waals surface area contributed by atoms with E-state index in [4.69, 9.17) is 9.15 Å². The first-order valence-corrected chi connectivity index (χ1v) is 4.91. The molecule has 1 N–H and O–H groups in total. The van der Waals surface area contributed by atoms with E-state index < -0.39 is 5.76 Å². The van der Waals surface area contributed by atoms with Crippen molar-refractivity contribution in [2.45, 2.75) is 13.8 Å². The van der Waals surface area contributed by atoms with Gasteiger partial charge in [0.15, 0.2) is 11.3 Å². The van der Waals surface area contributed by atoms with Gasteiger partial charge in [-0.25, -0.2) is 4.79 Å². The second-order valence-electron chi connectivity index (χ2n) is 3.72. The van der Waals surface area contributed by atoms with Crippen LogP contribution in [0.2, 0.25) is 0 Å². The molecule has 0 aliphatic carbocycles. The van der Waals surface area contributed by atoms with E-state index in [1.807, 2.05) is 0 Å². The number of carbonyl (C=O) groups is 1. The lowest BCUT2D eigenvalue weighted by molar-refractivity contribution is -0.137. The molecule has 0 saturated heterocycles. The predicted octanol–water partition coefficient (Wildman–Crippen LogP) is 1.68. The van der Waals surface area contributed by atoms with Crippen LogP contribution in [0.25, 0.3) is 11.1 Å². The zero-order chi connectivity index (χ0) is 11.7. The van der Waals surface area contributed by atoms with Crippen LogP contribution in [0.4, 0.5) is 0 Å². The molecule has 84 valence electrons. The zero-order valence-corrected chi connectivity index (χ0v) is 8.94. The van der Waals surface area contributed by atoms with E-state index in [0.717, 1.165) is 0 Å². The highest BCUT2D eigenvalue weighted by atomic mass is 16.5.